The molecule has 8 heteroatoms. The summed E-state index contributed by atoms with van der Waals surface area (Å²) in [5.74, 6) is -0.970. The van der Waals surface area contributed by atoms with Crippen molar-refractivity contribution >= 4 is 21.8 Å². The molecule has 0 fully saturated rings. The van der Waals surface area contributed by atoms with Crippen molar-refractivity contribution in [1.29, 1.82) is 0 Å². The van der Waals surface area contributed by atoms with E-state index in [0.717, 1.165) is 6.26 Å². The monoisotopic (exact) mass is 352 g/mol. The summed E-state index contributed by atoms with van der Waals surface area (Å²) in [7, 11) is -1.90. The number of carbonyl (C=O) groups excluding carboxylic acids is 2. The number of benzene rings is 1. The lowest BCUT2D eigenvalue weighted by Crippen LogP contribution is -2.06. The van der Waals surface area contributed by atoms with E-state index in [9.17, 15) is 18.0 Å². The smallest absolute Gasteiger partial charge is 0.373 e. The van der Waals surface area contributed by atoms with Crippen molar-refractivity contribution in [2.24, 2.45) is 0 Å². The molecule has 0 aliphatic rings. The topological polar surface area (TPSA) is 99.9 Å². The first-order chi connectivity index (χ1) is 11.3. The number of rotatable bonds is 6. The summed E-state index contributed by atoms with van der Waals surface area (Å²) in [6.45, 7) is -0.138. The highest BCUT2D eigenvalue weighted by Crippen LogP contribution is 2.13. The zero-order valence-corrected chi connectivity index (χ0v) is 14.0. The van der Waals surface area contributed by atoms with Crippen molar-refractivity contribution in [3.63, 3.8) is 0 Å². The largest absolute Gasteiger partial charge is 0.463 e. The van der Waals surface area contributed by atoms with Crippen LogP contribution in [0.4, 0.5) is 0 Å². The van der Waals surface area contributed by atoms with Crippen LogP contribution < -0.4 is 0 Å². The fourth-order valence-electron chi connectivity index (χ4n) is 1.93. The van der Waals surface area contributed by atoms with Crippen molar-refractivity contribution in [3.05, 3.63) is 59.0 Å². The van der Waals surface area contributed by atoms with Gasteiger partial charge in [-0.3, -0.25) is 0 Å². The second kappa shape index (κ2) is 7.31. The average molecular weight is 352 g/mol. The van der Waals surface area contributed by atoms with E-state index < -0.39 is 21.8 Å². The first-order valence-electron chi connectivity index (χ1n) is 6.89. The van der Waals surface area contributed by atoms with Crippen LogP contribution in [0.25, 0.3) is 0 Å². The van der Waals surface area contributed by atoms with Crippen LogP contribution in [0.5, 0.6) is 0 Å². The van der Waals surface area contributed by atoms with E-state index in [1.165, 1.54) is 31.4 Å². The summed E-state index contributed by atoms with van der Waals surface area (Å²) in [5, 5.41) is 0. The lowest BCUT2D eigenvalue weighted by molar-refractivity contribution is 0.0438. The van der Waals surface area contributed by atoms with E-state index in [0.29, 0.717) is 11.3 Å². The molecule has 0 saturated carbocycles. The maximum atomic E-state index is 11.9. The maximum Gasteiger partial charge on any atom is 0.373 e. The molecule has 0 atom stereocenters. The van der Waals surface area contributed by atoms with Crippen LogP contribution in [0.2, 0.25) is 0 Å². The third kappa shape index (κ3) is 4.95. The Morgan fingerprint density at radius 1 is 1.04 bits per heavy atom. The van der Waals surface area contributed by atoms with Gasteiger partial charge in [0.1, 0.15) is 12.4 Å². The van der Waals surface area contributed by atoms with Crippen LogP contribution in [-0.2, 0) is 31.7 Å². The number of carbonyl (C=O) groups is 2. The average Bonchev–Trinajstić information content (AvgIpc) is 3.00. The Balaban J connectivity index is 1.95. The number of furan rings is 1. The van der Waals surface area contributed by atoms with Crippen LogP contribution in [0, 0.1) is 0 Å². The maximum absolute atomic E-state index is 11.9. The Labute approximate surface area is 139 Å². The number of hydrogen-bond donors (Lipinski definition) is 0. The predicted octanol–water partition coefficient (Wildman–Crippen LogP) is 1.97. The summed E-state index contributed by atoms with van der Waals surface area (Å²) >= 11 is 0. The van der Waals surface area contributed by atoms with Gasteiger partial charge in [-0.25, -0.2) is 18.0 Å². The van der Waals surface area contributed by atoms with Gasteiger partial charge < -0.3 is 13.9 Å². The molecule has 0 radical (unpaired) electrons. The van der Waals surface area contributed by atoms with Crippen molar-refractivity contribution in [3.8, 4) is 0 Å². The molecule has 0 N–H and O–H groups in total. The molecule has 0 amide bonds. The third-order valence-corrected chi connectivity index (χ3v) is 3.87. The molecule has 1 heterocycles. The highest BCUT2D eigenvalue weighted by Gasteiger charge is 2.13. The van der Waals surface area contributed by atoms with Crippen LogP contribution in [0.15, 0.2) is 40.8 Å². The number of sulfone groups is 1. The van der Waals surface area contributed by atoms with Crippen LogP contribution >= 0.6 is 0 Å². The molecule has 0 aliphatic heterocycles. The third-order valence-electron chi connectivity index (χ3n) is 3.01. The van der Waals surface area contributed by atoms with Crippen molar-refractivity contribution < 1.29 is 31.9 Å². The molecule has 0 unspecified atom stereocenters. The van der Waals surface area contributed by atoms with Gasteiger partial charge in [-0.1, -0.05) is 12.1 Å². The Morgan fingerprint density at radius 2 is 1.71 bits per heavy atom. The molecule has 128 valence electrons. The Bertz CT molecular complexity index is 832. The molecule has 7 nitrogen and oxygen atoms in total. The SMILES string of the molecule is COC(=O)c1ccc(COC(=O)c2ccc(CS(C)(=O)=O)cc2)o1. The Kier molecular flexibility index (Phi) is 5.40. The fraction of sp³-hybridized carbons (Fsp3) is 0.250. The first kappa shape index (κ1) is 17.7. The van der Waals surface area contributed by atoms with E-state index in [2.05, 4.69) is 4.74 Å². The highest BCUT2D eigenvalue weighted by atomic mass is 32.2. The van der Waals surface area contributed by atoms with Gasteiger partial charge in [0.05, 0.1) is 18.4 Å². The van der Waals surface area contributed by atoms with Crippen molar-refractivity contribution in [1.82, 2.24) is 0 Å². The van der Waals surface area contributed by atoms with Gasteiger partial charge >= 0.3 is 11.9 Å². The van der Waals surface area contributed by atoms with E-state index in [4.69, 9.17) is 9.15 Å². The summed E-state index contributed by atoms with van der Waals surface area (Å²) in [5.41, 5.74) is 0.870. The summed E-state index contributed by atoms with van der Waals surface area (Å²) in [4.78, 5) is 23.2. The van der Waals surface area contributed by atoms with Gasteiger partial charge in [0.2, 0.25) is 5.76 Å². The minimum atomic E-state index is -3.13. The molecule has 0 saturated heterocycles. The quantitative estimate of drug-likeness (QED) is 0.733. The van der Waals surface area contributed by atoms with Crippen LogP contribution in [-0.4, -0.2) is 33.7 Å². The molecule has 0 spiro atoms. The molecular weight excluding hydrogens is 336 g/mol. The van der Waals surface area contributed by atoms with Crippen molar-refractivity contribution in [2.75, 3.05) is 13.4 Å². The molecule has 1 aromatic heterocycles. The highest BCUT2D eigenvalue weighted by molar-refractivity contribution is 7.89. The zero-order valence-electron chi connectivity index (χ0n) is 13.1. The van der Waals surface area contributed by atoms with Gasteiger partial charge in [0, 0.05) is 6.26 Å². The number of methoxy groups -OCH3 is 1. The standard InChI is InChI=1S/C16H16O7S/c1-21-16(18)14-8-7-13(23-14)9-22-15(17)12-5-3-11(4-6-12)10-24(2,19)20/h3-8H,9-10H2,1-2H3. The van der Waals surface area contributed by atoms with E-state index in [-0.39, 0.29) is 23.7 Å². The summed E-state index contributed by atoms with van der Waals surface area (Å²) < 4.78 is 37.2. The number of hydrogen-bond acceptors (Lipinski definition) is 7. The lowest BCUT2D eigenvalue weighted by Gasteiger charge is -2.04. The van der Waals surface area contributed by atoms with Gasteiger partial charge in [-0.2, -0.15) is 0 Å². The van der Waals surface area contributed by atoms with E-state index in [1.807, 2.05) is 0 Å². The number of ether oxygens (including phenoxy) is 2. The summed E-state index contributed by atoms with van der Waals surface area (Å²) in [6.07, 6.45) is 1.14. The van der Waals surface area contributed by atoms with Crippen LogP contribution in [0.3, 0.4) is 0 Å². The van der Waals surface area contributed by atoms with Gasteiger partial charge in [-0.15, -0.1) is 0 Å². The molecule has 0 aliphatic carbocycles. The second-order valence-electron chi connectivity index (χ2n) is 5.10. The minimum absolute atomic E-state index is 0.0219. The van der Waals surface area contributed by atoms with Gasteiger partial charge in [0.15, 0.2) is 9.84 Å². The van der Waals surface area contributed by atoms with E-state index >= 15 is 0 Å². The molecule has 1 aromatic carbocycles. The molecular formula is C16H16O7S. The molecule has 2 rings (SSSR count). The Morgan fingerprint density at radius 3 is 2.29 bits per heavy atom. The molecule has 24 heavy (non-hydrogen) atoms. The van der Waals surface area contributed by atoms with E-state index in [1.54, 1.807) is 12.1 Å². The summed E-state index contributed by atoms with van der Waals surface area (Å²) in [6, 6.07) is 9.03. The fourth-order valence-corrected chi connectivity index (χ4v) is 2.72. The van der Waals surface area contributed by atoms with Gasteiger partial charge in [0.25, 0.3) is 0 Å². The molecule has 2 aromatic rings. The van der Waals surface area contributed by atoms with Crippen LogP contribution in [0.1, 0.15) is 32.2 Å². The predicted molar refractivity (Wildman–Crippen MR) is 84.2 cm³/mol. The zero-order chi connectivity index (χ0) is 17.7. The van der Waals surface area contributed by atoms with Crippen molar-refractivity contribution in [2.45, 2.75) is 12.4 Å². The lowest BCUT2D eigenvalue weighted by atomic mass is 10.1. The molecule has 0 bridgehead atoms. The minimum Gasteiger partial charge on any atom is -0.463 e. The second-order valence-corrected chi connectivity index (χ2v) is 7.24. The first-order valence-corrected chi connectivity index (χ1v) is 8.95. The number of esters is 2. The normalized spacial score (nSPS) is 11.1. The Hall–Kier alpha value is -2.61. The van der Waals surface area contributed by atoms with Gasteiger partial charge in [-0.05, 0) is 29.8 Å².